The molecule has 0 aliphatic rings. The van der Waals surface area contributed by atoms with Crippen molar-refractivity contribution in [3.63, 3.8) is 0 Å². The first-order valence-corrected chi connectivity index (χ1v) is 8.38. The molecule has 0 bridgehead atoms. The Morgan fingerprint density at radius 2 is 1.66 bits per heavy atom. The molecule has 0 radical (unpaired) electrons. The Kier molecular flexibility index (Phi) is 4.22. The molecular formula is C20H12F3N3O3. The maximum Gasteiger partial charge on any atom is 0.418 e. The number of alkyl halides is 3. The maximum absolute atomic E-state index is 13.9. The van der Waals surface area contributed by atoms with Crippen LogP contribution in [0.1, 0.15) is 21.5 Å². The highest BCUT2D eigenvalue weighted by atomic mass is 19.4. The van der Waals surface area contributed by atoms with Gasteiger partial charge in [-0.15, -0.1) is 0 Å². The lowest BCUT2D eigenvalue weighted by Gasteiger charge is -2.12. The third-order valence-corrected chi connectivity index (χ3v) is 4.40. The van der Waals surface area contributed by atoms with Crippen molar-refractivity contribution in [2.45, 2.75) is 6.18 Å². The number of nitrogens with one attached hydrogen (secondary N) is 1. The van der Waals surface area contributed by atoms with Gasteiger partial charge in [-0.3, -0.25) is 14.7 Å². The maximum atomic E-state index is 13.9. The number of aromatic hydroxyl groups is 1. The molecule has 2 heterocycles. The summed E-state index contributed by atoms with van der Waals surface area (Å²) in [5.74, 6) is -1.56. The second-order valence-electron chi connectivity index (χ2n) is 6.20. The van der Waals surface area contributed by atoms with E-state index in [4.69, 9.17) is 0 Å². The van der Waals surface area contributed by atoms with Gasteiger partial charge in [-0.1, -0.05) is 30.3 Å². The van der Waals surface area contributed by atoms with Crippen LogP contribution >= 0.6 is 0 Å². The van der Waals surface area contributed by atoms with Gasteiger partial charge in [0.2, 0.25) is 0 Å². The highest BCUT2D eigenvalue weighted by Gasteiger charge is 2.40. The summed E-state index contributed by atoms with van der Waals surface area (Å²) in [6, 6.07) is 13.2. The number of pyridine rings is 1. The van der Waals surface area contributed by atoms with Crippen LogP contribution in [-0.4, -0.2) is 25.7 Å². The molecule has 0 unspecified atom stereocenters. The van der Waals surface area contributed by atoms with Gasteiger partial charge in [0, 0.05) is 6.20 Å². The zero-order valence-electron chi connectivity index (χ0n) is 14.6. The van der Waals surface area contributed by atoms with Gasteiger partial charge >= 0.3 is 6.18 Å². The van der Waals surface area contributed by atoms with Crippen LogP contribution in [0.3, 0.4) is 0 Å². The molecule has 29 heavy (non-hydrogen) atoms. The average molecular weight is 399 g/mol. The quantitative estimate of drug-likeness (QED) is 0.515. The zero-order valence-corrected chi connectivity index (χ0v) is 14.6. The summed E-state index contributed by atoms with van der Waals surface area (Å²) >= 11 is 0. The zero-order chi connectivity index (χ0) is 20.8. The van der Waals surface area contributed by atoms with E-state index in [9.17, 15) is 27.9 Å². The fourth-order valence-corrected chi connectivity index (χ4v) is 3.11. The SMILES string of the molecule is O=C(c1ccccc1O)c1cnc2[nH]n(-c3ccccc3)c(=O)c2c1C(F)(F)F. The molecule has 0 saturated heterocycles. The van der Waals surface area contributed by atoms with E-state index in [1.807, 2.05) is 0 Å². The smallest absolute Gasteiger partial charge is 0.418 e. The number of fused-ring (bicyclic) bond motifs is 1. The molecule has 2 aromatic heterocycles. The Morgan fingerprint density at radius 1 is 1.00 bits per heavy atom. The number of hydrogen-bond acceptors (Lipinski definition) is 4. The Balaban J connectivity index is 2.03. The first-order chi connectivity index (χ1) is 13.8. The molecule has 9 heteroatoms. The van der Waals surface area contributed by atoms with Gasteiger partial charge in [-0.05, 0) is 24.3 Å². The molecule has 4 rings (SSSR count). The molecular weight excluding hydrogens is 387 g/mol. The minimum absolute atomic E-state index is 0.306. The van der Waals surface area contributed by atoms with Crippen molar-refractivity contribution < 1.29 is 23.1 Å². The van der Waals surface area contributed by atoms with Crippen molar-refractivity contribution in [3.8, 4) is 11.4 Å². The average Bonchev–Trinajstić information content (AvgIpc) is 3.04. The Labute approximate surface area is 160 Å². The van der Waals surface area contributed by atoms with Crippen LogP contribution in [0.2, 0.25) is 0 Å². The van der Waals surface area contributed by atoms with Crippen molar-refractivity contribution >= 4 is 16.8 Å². The molecule has 0 atom stereocenters. The van der Waals surface area contributed by atoms with Crippen LogP contribution in [0.5, 0.6) is 5.75 Å². The summed E-state index contributed by atoms with van der Waals surface area (Å²) < 4.78 is 42.8. The predicted octanol–water partition coefficient (Wildman–Crippen LogP) is 3.67. The van der Waals surface area contributed by atoms with Gasteiger partial charge in [-0.25, -0.2) is 9.67 Å². The molecule has 146 valence electrons. The molecule has 0 aliphatic heterocycles. The molecule has 6 nitrogen and oxygen atoms in total. The summed E-state index contributed by atoms with van der Waals surface area (Å²) in [7, 11) is 0. The van der Waals surface area contributed by atoms with Crippen LogP contribution in [0.4, 0.5) is 13.2 Å². The largest absolute Gasteiger partial charge is 0.507 e. The van der Waals surface area contributed by atoms with Crippen molar-refractivity contribution in [3.05, 3.63) is 87.8 Å². The summed E-state index contributed by atoms with van der Waals surface area (Å²) in [5, 5.41) is 11.7. The number of rotatable bonds is 3. The predicted molar refractivity (Wildman–Crippen MR) is 98.2 cm³/mol. The molecule has 4 aromatic rings. The second kappa shape index (κ2) is 6.62. The van der Waals surface area contributed by atoms with Crippen LogP contribution in [-0.2, 0) is 6.18 Å². The van der Waals surface area contributed by atoms with Gasteiger partial charge in [-0.2, -0.15) is 13.2 Å². The summed E-state index contributed by atoms with van der Waals surface area (Å²) in [5.41, 5.74) is -3.51. The van der Waals surface area contributed by atoms with E-state index in [0.717, 1.165) is 10.9 Å². The van der Waals surface area contributed by atoms with Crippen molar-refractivity contribution in [1.29, 1.82) is 0 Å². The number of hydrogen-bond donors (Lipinski definition) is 2. The van der Waals surface area contributed by atoms with E-state index in [1.165, 1.54) is 36.4 Å². The monoisotopic (exact) mass is 399 g/mol. The van der Waals surface area contributed by atoms with Gasteiger partial charge in [0.1, 0.15) is 5.75 Å². The summed E-state index contributed by atoms with van der Waals surface area (Å²) in [6.45, 7) is 0. The number of nitrogens with zero attached hydrogens (tertiary/aromatic N) is 2. The molecule has 0 spiro atoms. The van der Waals surface area contributed by atoms with Crippen LogP contribution in [0, 0.1) is 0 Å². The van der Waals surface area contributed by atoms with Gasteiger partial charge in [0.25, 0.3) is 5.56 Å². The number of phenolic OH excluding ortho intramolecular Hbond substituents is 1. The topological polar surface area (TPSA) is 88.0 Å². The Hall–Kier alpha value is -3.88. The Bertz CT molecular complexity index is 1290. The number of para-hydroxylation sites is 2. The lowest BCUT2D eigenvalue weighted by atomic mass is 9.97. The lowest BCUT2D eigenvalue weighted by molar-refractivity contribution is -0.136. The highest BCUT2D eigenvalue weighted by Crippen LogP contribution is 2.37. The fraction of sp³-hybridized carbons (Fsp3) is 0.0500. The van der Waals surface area contributed by atoms with Crippen molar-refractivity contribution in [2.24, 2.45) is 0 Å². The normalized spacial score (nSPS) is 11.7. The van der Waals surface area contributed by atoms with E-state index in [-0.39, 0.29) is 11.2 Å². The molecule has 0 fully saturated rings. The third kappa shape index (κ3) is 3.06. The molecule has 0 amide bonds. The number of carbonyl (C=O) groups is 1. The molecule has 2 aromatic carbocycles. The minimum atomic E-state index is -5.01. The molecule has 0 aliphatic carbocycles. The highest BCUT2D eigenvalue weighted by molar-refractivity contribution is 6.13. The number of halogens is 3. The van der Waals surface area contributed by atoms with Crippen LogP contribution in [0.15, 0.2) is 65.6 Å². The van der Waals surface area contributed by atoms with E-state index in [1.54, 1.807) is 18.2 Å². The fourth-order valence-electron chi connectivity index (χ4n) is 3.11. The number of aromatic nitrogens is 3. The first-order valence-electron chi connectivity index (χ1n) is 8.38. The van der Waals surface area contributed by atoms with Gasteiger partial charge in [0.05, 0.1) is 27.8 Å². The van der Waals surface area contributed by atoms with Crippen molar-refractivity contribution in [2.75, 3.05) is 0 Å². The third-order valence-electron chi connectivity index (χ3n) is 4.40. The standard InChI is InChI=1S/C20H12F3N3O3/c21-20(22,23)16-13(17(28)12-8-4-5-9-14(12)27)10-24-18-15(16)19(29)26(25-18)11-6-2-1-3-7-11/h1-10,27H,(H,24,25). The van der Waals surface area contributed by atoms with E-state index in [2.05, 4.69) is 10.1 Å². The van der Waals surface area contributed by atoms with Crippen molar-refractivity contribution in [1.82, 2.24) is 14.8 Å². The summed E-state index contributed by atoms with van der Waals surface area (Å²) in [4.78, 5) is 29.4. The van der Waals surface area contributed by atoms with Crippen LogP contribution in [0.25, 0.3) is 16.7 Å². The minimum Gasteiger partial charge on any atom is -0.507 e. The van der Waals surface area contributed by atoms with E-state index >= 15 is 0 Å². The molecule has 2 N–H and O–H groups in total. The van der Waals surface area contributed by atoms with Gasteiger partial charge < -0.3 is 5.11 Å². The van der Waals surface area contributed by atoms with Crippen LogP contribution < -0.4 is 5.56 Å². The van der Waals surface area contributed by atoms with E-state index in [0.29, 0.717) is 5.69 Å². The number of ketones is 1. The second-order valence-corrected chi connectivity index (χ2v) is 6.20. The number of phenols is 1. The Morgan fingerprint density at radius 3 is 2.31 bits per heavy atom. The first kappa shape index (κ1) is 18.5. The number of H-pyrrole nitrogens is 1. The summed E-state index contributed by atoms with van der Waals surface area (Å²) in [6.07, 6.45) is -4.25. The number of benzene rings is 2. The molecule has 0 saturated carbocycles. The number of aromatic amines is 1. The van der Waals surface area contributed by atoms with Gasteiger partial charge in [0.15, 0.2) is 11.4 Å². The lowest BCUT2D eigenvalue weighted by Crippen LogP contribution is -2.20. The number of carbonyl (C=O) groups excluding carboxylic acids is 1. The van der Waals surface area contributed by atoms with E-state index < -0.39 is 39.8 Å².